The molecule has 4 aromatic carbocycles. The van der Waals surface area contributed by atoms with Gasteiger partial charge in [-0.2, -0.15) is 0 Å². The third-order valence-electron chi connectivity index (χ3n) is 12.6. The van der Waals surface area contributed by atoms with Gasteiger partial charge in [-0.3, -0.25) is 27.9 Å². The second-order valence-electron chi connectivity index (χ2n) is 23.5. The van der Waals surface area contributed by atoms with E-state index in [9.17, 15) is 18.4 Å². The topological polar surface area (TPSA) is 117 Å². The molecule has 72 heavy (non-hydrogen) atoms. The summed E-state index contributed by atoms with van der Waals surface area (Å²) >= 11 is 13.1. The molecule has 0 aliphatic carbocycles. The van der Waals surface area contributed by atoms with E-state index >= 15 is 0 Å². The minimum absolute atomic E-state index is 0.147. The maximum Gasteiger partial charge on any atom is 0.261 e. The van der Waals surface area contributed by atoms with Crippen LogP contribution in [-0.4, -0.2) is 87.0 Å². The molecule has 0 aliphatic rings. The lowest BCUT2D eigenvalue weighted by atomic mass is 10.0. The van der Waals surface area contributed by atoms with Gasteiger partial charge in [0.2, 0.25) is 10.6 Å². The maximum atomic E-state index is 14.4. The number of aromatic nitrogens is 6. The number of fused-ring (bicyclic) bond motifs is 12. The average Bonchev–Trinajstić information content (AvgIpc) is 3.79. The van der Waals surface area contributed by atoms with Crippen LogP contribution in [0, 0.1) is 11.6 Å². The molecule has 0 N–H and O–H groups in total. The van der Waals surface area contributed by atoms with Crippen LogP contribution in [0.5, 0.6) is 0 Å². The summed E-state index contributed by atoms with van der Waals surface area (Å²) in [7, 11) is -4.96. The van der Waals surface area contributed by atoms with Gasteiger partial charge in [-0.1, -0.05) is 78.6 Å². The maximum absolute atomic E-state index is 14.4. The zero-order valence-electron chi connectivity index (χ0n) is 43.9. The normalized spacial score (nSPS) is 12.9. The summed E-state index contributed by atoms with van der Waals surface area (Å²) in [5.74, 6) is -0.822. The summed E-state index contributed by atoms with van der Waals surface area (Å²) in [6.07, 6.45) is 3.43. The van der Waals surface area contributed by atoms with E-state index in [1.807, 2.05) is 12.1 Å². The molecular formula is C52H70Cl2F2N6O6Si4. The van der Waals surface area contributed by atoms with Crippen LogP contribution in [-0.2, 0) is 45.9 Å². The number of halogens is 4. The van der Waals surface area contributed by atoms with Crippen molar-refractivity contribution >= 4 is 121 Å². The molecule has 20 heteroatoms. The van der Waals surface area contributed by atoms with Crippen molar-refractivity contribution in [3.63, 3.8) is 0 Å². The van der Waals surface area contributed by atoms with Crippen molar-refractivity contribution < 1.29 is 27.7 Å². The number of ether oxygens (including phenoxy) is 4. The lowest BCUT2D eigenvalue weighted by Gasteiger charge is -2.17. The van der Waals surface area contributed by atoms with E-state index in [0.717, 1.165) is 29.7 Å². The van der Waals surface area contributed by atoms with E-state index in [4.69, 9.17) is 42.1 Å². The molecule has 12 nitrogen and oxygen atoms in total. The largest absolute Gasteiger partial charge is 0.361 e. The highest BCUT2D eigenvalue weighted by Gasteiger charge is 2.23. The van der Waals surface area contributed by atoms with Gasteiger partial charge in [0, 0.05) is 103 Å². The first-order valence-electron chi connectivity index (χ1n) is 24.6. The highest BCUT2D eigenvalue weighted by molar-refractivity contribution is 6.77. The highest BCUT2D eigenvalue weighted by atomic mass is 35.5. The number of hydrogen-bond acceptors (Lipinski definition) is 8. The Hall–Kier alpha value is -4.09. The first-order valence-corrected chi connectivity index (χ1v) is 40.2. The Kier molecular flexibility index (Phi) is 17.3. The van der Waals surface area contributed by atoms with Crippen molar-refractivity contribution in [1.29, 1.82) is 0 Å². The van der Waals surface area contributed by atoms with E-state index < -0.39 is 43.9 Å². The van der Waals surface area contributed by atoms with Gasteiger partial charge >= 0.3 is 0 Å². The third kappa shape index (κ3) is 13.4. The molecule has 4 aromatic heterocycles. The van der Waals surface area contributed by atoms with Crippen LogP contribution < -0.4 is 11.1 Å². The molecule has 0 saturated heterocycles. The molecule has 0 amide bonds. The lowest BCUT2D eigenvalue weighted by molar-refractivity contribution is 0.0850. The van der Waals surface area contributed by atoms with Gasteiger partial charge in [0.15, 0.2) is 0 Å². The minimum Gasteiger partial charge on any atom is -0.361 e. The van der Waals surface area contributed by atoms with Crippen molar-refractivity contribution in [3.05, 3.63) is 104 Å². The molecule has 8 rings (SSSR count). The summed E-state index contributed by atoms with van der Waals surface area (Å²) in [6.45, 7) is 30.7. The number of imidazole rings is 2. The zero-order valence-corrected chi connectivity index (χ0v) is 49.4. The fourth-order valence-corrected chi connectivity index (χ4v) is 11.7. The Morgan fingerprint density at radius 1 is 0.458 bits per heavy atom. The van der Waals surface area contributed by atoms with Crippen LogP contribution in [0.4, 0.5) is 8.78 Å². The summed E-state index contributed by atoms with van der Waals surface area (Å²) in [5.41, 5.74) is 2.20. The first kappa shape index (κ1) is 55.7. The van der Waals surface area contributed by atoms with Gasteiger partial charge in [-0.25, -0.2) is 18.7 Å². The number of benzene rings is 4. The highest BCUT2D eigenvalue weighted by Crippen LogP contribution is 2.37. The van der Waals surface area contributed by atoms with E-state index in [0.29, 0.717) is 86.1 Å². The van der Waals surface area contributed by atoms with Crippen molar-refractivity contribution in [3.8, 4) is 0 Å². The standard InChI is InChI=1S/2C26H35ClFN3O3Si2/c1-35(2,3)13-11-33-16-30-10-9-20-22(25(30)32)21-15-18(28)7-8-19(21)24-23(20)29-26(27)31(24)17-34-12-14-36(4,5)6;1-35(2,3)13-11-33-16-30-10-9-20-22(25(30)32)21-15-18(28)7-8-19(21)23-24(20)31(26(27)29-23)17-34-12-14-36(4,5)6/h2*7-10,15H,11-14,16-17H2,1-6H3. The van der Waals surface area contributed by atoms with Gasteiger partial charge in [0.1, 0.15) is 38.6 Å². The number of hydrogen-bond donors (Lipinski definition) is 0. The molecular weight excluding hydrogens is 1030 g/mol. The predicted octanol–water partition coefficient (Wildman–Crippen LogP) is 13.8. The SMILES string of the molecule is C[Si](C)(C)CCOCn1ccc2c(c1=O)c1cc(F)ccc1c1nc(Cl)n(COCC[Si](C)(C)C)c21.C[Si](C)(C)CCOCn1ccc2c3nc(Cl)n(COCC[Si](C)(C)C)c3c3ccc(F)cc3c2c1=O. The van der Waals surface area contributed by atoms with Gasteiger partial charge in [0.05, 0.1) is 32.8 Å². The minimum atomic E-state index is -1.24. The molecule has 0 fully saturated rings. The van der Waals surface area contributed by atoms with Crippen LogP contribution in [0.1, 0.15) is 0 Å². The summed E-state index contributed by atoms with van der Waals surface area (Å²) in [5, 5.41) is 5.11. The van der Waals surface area contributed by atoms with Crippen LogP contribution in [0.15, 0.2) is 70.5 Å². The van der Waals surface area contributed by atoms with E-state index in [1.165, 1.54) is 33.4 Å². The summed E-state index contributed by atoms with van der Waals surface area (Å²) in [4.78, 5) is 36.4. The third-order valence-corrected chi connectivity index (χ3v) is 20.0. The van der Waals surface area contributed by atoms with Crippen LogP contribution in [0.25, 0.3) is 65.2 Å². The Bertz CT molecular complexity index is 3390. The van der Waals surface area contributed by atoms with Crippen molar-refractivity contribution in [1.82, 2.24) is 28.2 Å². The molecule has 0 spiro atoms. The molecule has 4 heterocycles. The fraction of sp³-hybridized carbons (Fsp3) is 0.462. The van der Waals surface area contributed by atoms with Crippen LogP contribution >= 0.6 is 23.2 Å². The van der Waals surface area contributed by atoms with Gasteiger partial charge in [-0.05, 0) is 95.9 Å². The van der Waals surface area contributed by atoms with E-state index in [1.54, 1.807) is 33.7 Å². The van der Waals surface area contributed by atoms with Crippen LogP contribution in [0.3, 0.4) is 0 Å². The molecule has 0 radical (unpaired) electrons. The monoisotopic (exact) mass is 1090 g/mol. The van der Waals surface area contributed by atoms with Gasteiger partial charge < -0.3 is 18.9 Å². The van der Waals surface area contributed by atoms with Gasteiger partial charge in [0.25, 0.3) is 11.1 Å². The Balaban J connectivity index is 0.000000211. The fourth-order valence-electron chi connectivity index (χ4n) is 8.29. The predicted molar refractivity (Wildman–Crippen MR) is 304 cm³/mol. The quantitative estimate of drug-likeness (QED) is 0.0421. The van der Waals surface area contributed by atoms with Crippen molar-refractivity contribution in [2.45, 2.75) is 130 Å². The smallest absolute Gasteiger partial charge is 0.261 e. The molecule has 388 valence electrons. The van der Waals surface area contributed by atoms with Gasteiger partial charge in [-0.15, -0.1) is 0 Å². The Morgan fingerprint density at radius 2 is 0.806 bits per heavy atom. The molecule has 0 unspecified atom stereocenters. The molecule has 8 aromatic rings. The van der Waals surface area contributed by atoms with Crippen LogP contribution in [0.2, 0.25) is 113 Å². The molecule has 0 bridgehead atoms. The summed E-state index contributed by atoms with van der Waals surface area (Å²) < 4.78 is 59.0. The van der Waals surface area contributed by atoms with E-state index in [2.05, 4.69) is 88.5 Å². The second kappa shape index (κ2) is 22.4. The second-order valence-corrected chi connectivity index (χ2v) is 46.7. The molecule has 0 saturated carbocycles. The number of nitrogens with zero attached hydrogens (tertiary/aromatic N) is 6. The zero-order chi connectivity index (χ0) is 52.5. The number of rotatable bonds is 20. The van der Waals surface area contributed by atoms with Crippen molar-refractivity contribution in [2.24, 2.45) is 0 Å². The molecule has 0 atom stereocenters. The average molecular weight is 1100 g/mol. The molecule has 0 aliphatic heterocycles. The Labute approximate surface area is 434 Å². The first-order chi connectivity index (χ1) is 33.7. The van der Waals surface area contributed by atoms with E-state index in [-0.39, 0.29) is 48.6 Å². The lowest BCUT2D eigenvalue weighted by Crippen LogP contribution is -2.24. The Morgan fingerprint density at radius 3 is 1.24 bits per heavy atom. The summed E-state index contributed by atoms with van der Waals surface area (Å²) in [6, 6.07) is 16.7. The van der Waals surface area contributed by atoms with Crippen molar-refractivity contribution in [2.75, 3.05) is 26.4 Å². The number of pyridine rings is 2.